The molecule has 4 amide bonds. The van der Waals surface area contributed by atoms with Crippen molar-refractivity contribution < 1.29 is 45.9 Å². The highest BCUT2D eigenvalue weighted by Crippen LogP contribution is 2.43. The van der Waals surface area contributed by atoms with Gasteiger partial charge in [0.25, 0.3) is 5.91 Å². The van der Waals surface area contributed by atoms with E-state index in [2.05, 4.69) is 31.2 Å². The number of halogens is 5. The summed E-state index contributed by atoms with van der Waals surface area (Å²) in [5, 5.41) is 11.3. The van der Waals surface area contributed by atoms with Crippen LogP contribution in [-0.4, -0.2) is 90.2 Å². The maximum Gasteiger partial charge on any atom is 0.461 e. The molecule has 336 valence electrons. The van der Waals surface area contributed by atoms with Crippen LogP contribution in [0.25, 0.3) is 22.2 Å². The van der Waals surface area contributed by atoms with Crippen LogP contribution >= 0.6 is 0 Å². The van der Waals surface area contributed by atoms with Crippen LogP contribution in [0.1, 0.15) is 86.6 Å². The number of aromatic amines is 1. The normalized spacial score (nSPS) is 16.5. The maximum atomic E-state index is 14.0. The van der Waals surface area contributed by atoms with Gasteiger partial charge in [-0.15, -0.1) is 0 Å². The van der Waals surface area contributed by atoms with E-state index in [1.165, 1.54) is 18.2 Å². The standard InChI is InChI=1S/C45H56F5N7O5/c1-27-22-32(39(59)51-20-7-21-57(5)6)16-18-34(27)31-14-12-28(13-15-31)23-37(54-38(58)24-29-8-10-30(11-9-29)26-52-42(61)62-43(2,3)4)40(60)53-33-17-19-35-36(25-33)56-41(55-35)44(46,47)45(48,49)50/h12-19,22,25,29-30,37H,7-11,20-21,23-24,26H2,1-6H3,(H,51,59)(H,52,61)(H,53,60)(H,54,58)(H,55,56). The average Bonchev–Trinajstić information content (AvgIpc) is 3.63. The Morgan fingerprint density at radius 1 is 0.887 bits per heavy atom. The number of nitrogens with zero attached hydrogens (tertiary/aromatic N) is 2. The number of aryl methyl sites for hydroxylation is 1. The van der Waals surface area contributed by atoms with E-state index < -0.39 is 41.6 Å². The number of hydrogen-bond donors (Lipinski definition) is 5. The molecule has 5 N–H and O–H groups in total. The summed E-state index contributed by atoms with van der Waals surface area (Å²) in [5.41, 5.74) is 3.09. The van der Waals surface area contributed by atoms with Crippen molar-refractivity contribution in [2.75, 3.05) is 39.0 Å². The van der Waals surface area contributed by atoms with Crippen LogP contribution in [0.15, 0.2) is 60.7 Å². The minimum atomic E-state index is -5.87. The lowest BCUT2D eigenvalue weighted by Crippen LogP contribution is -2.45. The molecule has 1 saturated carbocycles. The summed E-state index contributed by atoms with van der Waals surface area (Å²) in [6.07, 6.45) is -2.21. The molecule has 0 aliphatic heterocycles. The number of alkyl halides is 5. The number of rotatable bonds is 16. The number of fused-ring (bicyclic) bond motifs is 1. The van der Waals surface area contributed by atoms with Crippen LogP contribution in [0, 0.1) is 18.8 Å². The molecular weight excluding hydrogens is 814 g/mol. The molecule has 1 fully saturated rings. The first kappa shape index (κ1) is 47.5. The van der Waals surface area contributed by atoms with Gasteiger partial charge >= 0.3 is 18.2 Å². The Kier molecular flexibility index (Phi) is 15.4. The second kappa shape index (κ2) is 20.1. The first-order valence-electron chi connectivity index (χ1n) is 20.7. The molecule has 1 unspecified atom stereocenters. The Morgan fingerprint density at radius 3 is 2.19 bits per heavy atom. The minimum absolute atomic E-state index is 0.0476. The fourth-order valence-electron chi connectivity index (χ4n) is 7.39. The Bertz CT molecular complexity index is 2190. The van der Waals surface area contributed by atoms with E-state index in [4.69, 9.17) is 4.74 Å². The van der Waals surface area contributed by atoms with Crippen LogP contribution in [0.4, 0.5) is 32.4 Å². The van der Waals surface area contributed by atoms with Crippen LogP contribution in [0.5, 0.6) is 0 Å². The number of alkyl carbamates (subject to hydrolysis) is 1. The molecule has 1 heterocycles. The predicted octanol–water partition coefficient (Wildman–Crippen LogP) is 8.26. The van der Waals surface area contributed by atoms with Gasteiger partial charge in [0, 0.05) is 37.2 Å². The third-order valence-electron chi connectivity index (χ3n) is 10.7. The van der Waals surface area contributed by atoms with Crippen LogP contribution in [0.2, 0.25) is 0 Å². The van der Waals surface area contributed by atoms with Gasteiger partial charge in [0.15, 0.2) is 5.82 Å². The number of carbonyl (C=O) groups excluding carboxylic acids is 4. The number of hydrogen-bond acceptors (Lipinski definition) is 7. The largest absolute Gasteiger partial charge is 0.461 e. The molecule has 1 aromatic heterocycles. The minimum Gasteiger partial charge on any atom is -0.444 e. The zero-order valence-electron chi connectivity index (χ0n) is 35.9. The van der Waals surface area contributed by atoms with Crippen LogP contribution < -0.4 is 21.3 Å². The fraction of sp³-hybridized carbons (Fsp3) is 0.489. The first-order chi connectivity index (χ1) is 29.1. The van der Waals surface area contributed by atoms with E-state index in [1.807, 2.05) is 62.4 Å². The van der Waals surface area contributed by atoms with Crippen molar-refractivity contribution in [2.24, 2.45) is 11.8 Å². The lowest BCUT2D eigenvalue weighted by Gasteiger charge is -2.29. The molecule has 5 rings (SSSR count). The number of ether oxygens (including phenoxy) is 1. The van der Waals surface area contributed by atoms with Crippen molar-refractivity contribution >= 4 is 40.5 Å². The molecule has 12 nitrogen and oxygen atoms in total. The van der Waals surface area contributed by atoms with Gasteiger partial charge < -0.3 is 35.9 Å². The molecule has 1 aliphatic rings. The Morgan fingerprint density at radius 2 is 1.56 bits per heavy atom. The summed E-state index contributed by atoms with van der Waals surface area (Å²) in [7, 11) is 3.95. The van der Waals surface area contributed by atoms with Gasteiger partial charge in [-0.1, -0.05) is 30.3 Å². The highest BCUT2D eigenvalue weighted by molar-refractivity contribution is 5.99. The smallest absolute Gasteiger partial charge is 0.444 e. The van der Waals surface area contributed by atoms with E-state index in [-0.39, 0.29) is 53.2 Å². The Hall–Kier alpha value is -5.58. The topological polar surface area (TPSA) is 158 Å². The zero-order chi connectivity index (χ0) is 45.4. The lowest BCUT2D eigenvalue weighted by molar-refractivity contribution is -0.292. The molecule has 3 aromatic carbocycles. The van der Waals surface area contributed by atoms with Gasteiger partial charge in [-0.3, -0.25) is 14.4 Å². The van der Waals surface area contributed by atoms with Crippen molar-refractivity contribution in [1.82, 2.24) is 30.8 Å². The summed E-state index contributed by atoms with van der Waals surface area (Å²) in [4.78, 5) is 59.7. The first-order valence-corrected chi connectivity index (χ1v) is 20.7. The van der Waals surface area contributed by atoms with Crippen molar-refractivity contribution in [2.45, 2.75) is 96.4 Å². The van der Waals surface area contributed by atoms with Gasteiger partial charge in [0.1, 0.15) is 11.6 Å². The van der Waals surface area contributed by atoms with E-state index >= 15 is 0 Å². The van der Waals surface area contributed by atoms with Gasteiger partial charge in [-0.05, 0) is 145 Å². The molecule has 0 radical (unpaired) electrons. The lowest BCUT2D eigenvalue weighted by atomic mass is 9.80. The SMILES string of the molecule is Cc1cc(C(=O)NCCCN(C)C)ccc1-c1ccc(CC(NC(=O)CC2CCC(CNC(=O)OC(C)(C)C)CC2)C(=O)Nc2ccc3nc(C(F)(F)C(F)(F)F)[nH]c3c2)cc1. The second-order valence-corrected chi connectivity index (χ2v) is 17.3. The van der Waals surface area contributed by atoms with Crippen molar-refractivity contribution in [3.05, 3.63) is 83.2 Å². The van der Waals surface area contributed by atoms with E-state index in [0.29, 0.717) is 24.2 Å². The summed E-state index contributed by atoms with van der Waals surface area (Å²) in [5.74, 6) is -7.66. The molecule has 0 bridgehead atoms. The number of aromatic nitrogens is 2. The molecule has 1 atom stereocenters. The van der Waals surface area contributed by atoms with Crippen LogP contribution in [0.3, 0.4) is 0 Å². The predicted molar refractivity (Wildman–Crippen MR) is 227 cm³/mol. The maximum absolute atomic E-state index is 14.0. The highest BCUT2D eigenvalue weighted by Gasteiger charge is 2.61. The van der Waals surface area contributed by atoms with Gasteiger partial charge in [0.2, 0.25) is 11.8 Å². The molecule has 4 aromatic rings. The summed E-state index contributed by atoms with van der Waals surface area (Å²) >= 11 is 0. The fourth-order valence-corrected chi connectivity index (χ4v) is 7.39. The van der Waals surface area contributed by atoms with Crippen molar-refractivity contribution in [3.63, 3.8) is 0 Å². The molecule has 0 saturated heterocycles. The van der Waals surface area contributed by atoms with Gasteiger partial charge in [-0.25, -0.2) is 9.78 Å². The Balaban J connectivity index is 1.27. The van der Waals surface area contributed by atoms with Gasteiger partial charge in [-0.2, -0.15) is 22.0 Å². The summed E-state index contributed by atoms with van der Waals surface area (Å²) < 4.78 is 72.5. The summed E-state index contributed by atoms with van der Waals surface area (Å²) in [6, 6.07) is 15.5. The number of H-pyrrole nitrogens is 1. The number of nitrogens with one attached hydrogen (secondary N) is 5. The van der Waals surface area contributed by atoms with E-state index in [0.717, 1.165) is 55.3 Å². The number of imidazole rings is 1. The number of benzene rings is 3. The number of anilines is 1. The van der Waals surface area contributed by atoms with E-state index in [1.54, 1.807) is 26.8 Å². The van der Waals surface area contributed by atoms with Crippen molar-refractivity contribution in [3.8, 4) is 11.1 Å². The zero-order valence-corrected chi connectivity index (χ0v) is 35.9. The number of amides is 4. The molecular formula is C45H56F5N7O5. The molecule has 62 heavy (non-hydrogen) atoms. The monoisotopic (exact) mass is 869 g/mol. The third-order valence-corrected chi connectivity index (χ3v) is 10.7. The highest BCUT2D eigenvalue weighted by atomic mass is 19.4. The van der Waals surface area contributed by atoms with Crippen LogP contribution in [-0.2, 0) is 26.7 Å². The van der Waals surface area contributed by atoms with Gasteiger partial charge in [0.05, 0.1) is 11.0 Å². The second-order valence-electron chi connectivity index (χ2n) is 17.3. The average molecular weight is 870 g/mol. The summed E-state index contributed by atoms with van der Waals surface area (Å²) in [6.45, 7) is 9.17. The Labute approximate surface area is 358 Å². The molecule has 1 aliphatic carbocycles. The van der Waals surface area contributed by atoms with E-state index in [9.17, 15) is 41.1 Å². The van der Waals surface area contributed by atoms with Crippen molar-refractivity contribution in [1.29, 1.82) is 0 Å². The molecule has 0 spiro atoms. The third kappa shape index (κ3) is 13.2. The number of carbonyl (C=O) groups is 4. The molecule has 17 heteroatoms. The quantitative estimate of drug-likeness (QED) is 0.0561.